The zero-order chi connectivity index (χ0) is 17.4. The molecule has 0 aromatic heterocycles. The molecule has 4 rings (SSSR count). The number of methoxy groups -OCH3 is 1. The zero-order valence-corrected chi connectivity index (χ0v) is 14.3. The number of hydrogen-bond donors (Lipinski definition) is 0. The van der Waals surface area contributed by atoms with Crippen LogP contribution in [0.3, 0.4) is 0 Å². The third kappa shape index (κ3) is 2.75. The minimum absolute atomic E-state index is 0.0915. The average molecular weight is 346 g/mol. The summed E-state index contributed by atoms with van der Waals surface area (Å²) in [5.74, 6) is 0.612. The summed E-state index contributed by atoms with van der Waals surface area (Å²) in [5, 5.41) is 0. The molecule has 0 aliphatic heterocycles. The Hall–Kier alpha value is -2.85. The molecule has 1 aliphatic carbocycles. The predicted molar refractivity (Wildman–Crippen MR) is 96.9 cm³/mol. The summed E-state index contributed by atoms with van der Waals surface area (Å²) in [5.41, 5.74) is 1.91. The SMILES string of the molecule is COc1ccc(Sc2ccc3c(c2)C(=O)c2ccccc2C3=O)cc1. The summed E-state index contributed by atoms with van der Waals surface area (Å²) >= 11 is 1.55. The molecule has 3 nitrogen and oxygen atoms in total. The molecule has 0 unspecified atom stereocenters. The molecule has 1 aliphatic rings. The summed E-state index contributed by atoms with van der Waals surface area (Å²) in [6, 6.07) is 20.1. The third-order valence-corrected chi connectivity index (χ3v) is 5.19. The maximum absolute atomic E-state index is 12.8. The molecule has 0 bridgehead atoms. The quantitative estimate of drug-likeness (QED) is 0.543. The number of carbonyl (C=O) groups is 2. The fourth-order valence-electron chi connectivity index (χ4n) is 2.92. The Labute approximate surface area is 149 Å². The molecule has 0 saturated carbocycles. The van der Waals surface area contributed by atoms with E-state index in [0.717, 1.165) is 15.5 Å². The third-order valence-electron chi connectivity index (χ3n) is 4.19. The number of fused-ring (bicyclic) bond motifs is 2. The van der Waals surface area contributed by atoms with Crippen LogP contribution in [0.1, 0.15) is 31.8 Å². The lowest BCUT2D eigenvalue weighted by atomic mass is 9.84. The van der Waals surface area contributed by atoms with E-state index in [1.165, 1.54) is 0 Å². The van der Waals surface area contributed by atoms with Gasteiger partial charge in [0.05, 0.1) is 7.11 Å². The highest BCUT2D eigenvalue weighted by atomic mass is 32.2. The first-order valence-corrected chi connectivity index (χ1v) is 8.63. The van der Waals surface area contributed by atoms with Gasteiger partial charge in [-0.1, -0.05) is 36.0 Å². The number of carbonyl (C=O) groups excluding carboxylic acids is 2. The lowest BCUT2D eigenvalue weighted by Crippen LogP contribution is -2.20. The zero-order valence-electron chi connectivity index (χ0n) is 13.5. The molecule has 0 saturated heterocycles. The molecule has 0 atom stereocenters. The van der Waals surface area contributed by atoms with Crippen molar-refractivity contribution in [2.75, 3.05) is 7.11 Å². The first-order valence-electron chi connectivity index (χ1n) is 7.82. The van der Waals surface area contributed by atoms with Gasteiger partial charge >= 0.3 is 0 Å². The molecule has 0 N–H and O–H groups in total. The van der Waals surface area contributed by atoms with Crippen LogP contribution in [-0.4, -0.2) is 18.7 Å². The largest absolute Gasteiger partial charge is 0.497 e. The van der Waals surface area contributed by atoms with E-state index in [1.54, 1.807) is 55.3 Å². The Morgan fingerprint density at radius 3 is 1.88 bits per heavy atom. The number of rotatable bonds is 3. The van der Waals surface area contributed by atoms with Crippen LogP contribution in [0.4, 0.5) is 0 Å². The molecule has 3 aromatic rings. The molecule has 0 heterocycles. The highest BCUT2D eigenvalue weighted by Gasteiger charge is 2.29. The summed E-state index contributed by atoms with van der Waals surface area (Å²) in [6.45, 7) is 0. The van der Waals surface area contributed by atoms with Gasteiger partial charge in [0.2, 0.25) is 0 Å². The van der Waals surface area contributed by atoms with E-state index >= 15 is 0 Å². The average Bonchev–Trinajstić information content (AvgIpc) is 2.67. The Kier molecular flexibility index (Phi) is 3.90. The Morgan fingerprint density at radius 1 is 0.680 bits per heavy atom. The summed E-state index contributed by atoms with van der Waals surface area (Å²) in [4.78, 5) is 27.3. The summed E-state index contributed by atoms with van der Waals surface area (Å²) < 4.78 is 5.16. The second-order valence-electron chi connectivity index (χ2n) is 5.69. The van der Waals surface area contributed by atoms with E-state index in [-0.39, 0.29) is 11.6 Å². The van der Waals surface area contributed by atoms with Crippen LogP contribution in [0, 0.1) is 0 Å². The lowest BCUT2D eigenvalue weighted by Gasteiger charge is -2.17. The minimum Gasteiger partial charge on any atom is -0.497 e. The van der Waals surface area contributed by atoms with Gasteiger partial charge in [-0.15, -0.1) is 0 Å². The molecule has 0 spiro atoms. The van der Waals surface area contributed by atoms with Crippen molar-refractivity contribution in [3.63, 3.8) is 0 Å². The Balaban J connectivity index is 1.70. The molecule has 0 fully saturated rings. The van der Waals surface area contributed by atoms with Gasteiger partial charge in [-0.3, -0.25) is 9.59 Å². The number of ketones is 2. The van der Waals surface area contributed by atoms with Gasteiger partial charge in [0.1, 0.15) is 5.75 Å². The molecule has 25 heavy (non-hydrogen) atoms. The van der Waals surface area contributed by atoms with E-state index in [2.05, 4.69) is 0 Å². The Morgan fingerprint density at radius 2 is 1.24 bits per heavy atom. The van der Waals surface area contributed by atoms with Gasteiger partial charge in [0, 0.05) is 32.0 Å². The number of benzene rings is 3. The van der Waals surface area contributed by atoms with Crippen LogP contribution in [0.25, 0.3) is 0 Å². The number of ether oxygens (including phenoxy) is 1. The molecule has 0 radical (unpaired) electrons. The highest BCUT2D eigenvalue weighted by Crippen LogP contribution is 2.34. The monoisotopic (exact) mass is 346 g/mol. The first kappa shape index (κ1) is 15.7. The maximum Gasteiger partial charge on any atom is 0.194 e. The topological polar surface area (TPSA) is 43.4 Å². The standard InChI is InChI=1S/C21H14O3S/c1-24-13-6-8-14(9-7-13)25-15-10-11-18-19(12-15)21(23)17-5-3-2-4-16(17)20(18)22/h2-12H,1H3. The molecule has 0 amide bonds. The first-order chi connectivity index (χ1) is 12.2. The van der Waals surface area contributed by atoms with Gasteiger partial charge in [-0.25, -0.2) is 0 Å². The number of hydrogen-bond acceptors (Lipinski definition) is 4. The van der Waals surface area contributed by atoms with Crippen molar-refractivity contribution in [1.29, 1.82) is 0 Å². The highest BCUT2D eigenvalue weighted by molar-refractivity contribution is 7.99. The maximum atomic E-state index is 12.8. The fourth-order valence-corrected chi connectivity index (χ4v) is 3.78. The predicted octanol–water partition coefficient (Wildman–Crippen LogP) is 4.62. The van der Waals surface area contributed by atoms with E-state index in [4.69, 9.17) is 4.74 Å². The van der Waals surface area contributed by atoms with Gasteiger partial charge in [0.15, 0.2) is 11.6 Å². The molecular formula is C21H14O3S. The van der Waals surface area contributed by atoms with Gasteiger partial charge in [-0.05, 0) is 42.5 Å². The lowest BCUT2D eigenvalue weighted by molar-refractivity contribution is 0.0979. The van der Waals surface area contributed by atoms with Crippen molar-refractivity contribution in [2.45, 2.75) is 9.79 Å². The van der Waals surface area contributed by atoms with Gasteiger partial charge in [-0.2, -0.15) is 0 Å². The second-order valence-corrected chi connectivity index (χ2v) is 6.84. The van der Waals surface area contributed by atoms with Crippen molar-refractivity contribution in [1.82, 2.24) is 0 Å². The van der Waals surface area contributed by atoms with E-state index in [1.807, 2.05) is 30.3 Å². The fraction of sp³-hybridized carbons (Fsp3) is 0.0476. The molecule has 3 aromatic carbocycles. The van der Waals surface area contributed by atoms with E-state index < -0.39 is 0 Å². The van der Waals surface area contributed by atoms with Gasteiger partial charge < -0.3 is 4.74 Å². The minimum atomic E-state index is -0.0950. The summed E-state index contributed by atoms with van der Waals surface area (Å²) in [6.07, 6.45) is 0. The van der Waals surface area contributed by atoms with Crippen LogP contribution in [-0.2, 0) is 0 Å². The van der Waals surface area contributed by atoms with Gasteiger partial charge in [0.25, 0.3) is 0 Å². The van der Waals surface area contributed by atoms with Crippen LogP contribution in [0.15, 0.2) is 76.5 Å². The normalized spacial score (nSPS) is 12.5. The van der Waals surface area contributed by atoms with Crippen LogP contribution >= 0.6 is 11.8 Å². The second kappa shape index (κ2) is 6.22. The molecule has 122 valence electrons. The summed E-state index contributed by atoms with van der Waals surface area (Å²) in [7, 11) is 1.63. The van der Waals surface area contributed by atoms with Crippen molar-refractivity contribution in [3.8, 4) is 5.75 Å². The molecule has 4 heteroatoms. The van der Waals surface area contributed by atoms with Crippen molar-refractivity contribution >= 4 is 23.3 Å². The van der Waals surface area contributed by atoms with E-state index in [9.17, 15) is 9.59 Å². The van der Waals surface area contributed by atoms with Crippen molar-refractivity contribution in [2.24, 2.45) is 0 Å². The molecular weight excluding hydrogens is 332 g/mol. The van der Waals surface area contributed by atoms with Crippen molar-refractivity contribution < 1.29 is 14.3 Å². The van der Waals surface area contributed by atoms with Crippen molar-refractivity contribution in [3.05, 3.63) is 89.0 Å². The van der Waals surface area contributed by atoms with Crippen LogP contribution in [0.5, 0.6) is 5.75 Å². The Bertz CT molecular complexity index is 990. The smallest absolute Gasteiger partial charge is 0.194 e. The van der Waals surface area contributed by atoms with Crippen LogP contribution < -0.4 is 4.74 Å². The van der Waals surface area contributed by atoms with E-state index in [0.29, 0.717) is 22.3 Å². The van der Waals surface area contributed by atoms with Crippen LogP contribution in [0.2, 0.25) is 0 Å².